The number of rotatable bonds is 3. The molecule has 0 saturated carbocycles. The lowest BCUT2D eigenvalue weighted by molar-refractivity contribution is 0.625. The maximum Gasteiger partial charge on any atom is 0.142 e. The monoisotopic (exact) mass is 204 g/mol. The van der Waals surface area contributed by atoms with Crippen molar-refractivity contribution in [3.8, 4) is 0 Å². The third-order valence-electron chi connectivity index (χ3n) is 1.38. The van der Waals surface area contributed by atoms with E-state index in [1.165, 1.54) is 6.07 Å². The van der Waals surface area contributed by atoms with Gasteiger partial charge in [-0.3, -0.25) is 0 Å². The summed E-state index contributed by atoms with van der Waals surface area (Å²) in [5.74, 6) is 0.640. The molecule has 0 amide bonds. The Morgan fingerprint density at radius 3 is 2.92 bits per heavy atom. The third kappa shape index (κ3) is 2.39. The summed E-state index contributed by atoms with van der Waals surface area (Å²) in [6, 6.07) is 4.89. The van der Waals surface area contributed by atoms with E-state index in [-0.39, 0.29) is 10.8 Å². The van der Waals surface area contributed by atoms with Crippen LogP contribution in [-0.2, 0) is 0 Å². The first kappa shape index (κ1) is 9.87. The molecule has 1 aromatic rings. The minimum Gasteiger partial charge on any atom is -0.205 e. The maximum atomic E-state index is 12.9. The molecule has 0 radical (unpaired) electrons. The molecule has 0 saturated heterocycles. The molecule has 66 valence electrons. The van der Waals surface area contributed by atoms with Gasteiger partial charge in [-0.05, 0) is 24.3 Å². The Hall–Kier alpha value is -0.210. The van der Waals surface area contributed by atoms with E-state index in [1.54, 1.807) is 17.8 Å². The van der Waals surface area contributed by atoms with E-state index in [1.807, 2.05) is 6.07 Å². The van der Waals surface area contributed by atoms with Gasteiger partial charge in [0.25, 0.3) is 0 Å². The van der Waals surface area contributed by atoms with Gasteiger partial charge in [0.05, 0.1) is 5.02 Å². The van der Waals surface area contributed by atoms with Crippen molar-refractivity contribution in [1.29, 1.82) is 0 Å². The standard InChI is InChI=1S/C9H10ClFS/c1-2-6-12-8-5-3-4-7(11)9(8)10/h3-5H,2,6H2,1H3. The van der Waals surface area contributed by atoms with Gasteiger partial charge in [0, 0.05) is 4.90 Å². The fraction of sp³-hybridized carbons (Fsp3) is 0.333. The molecule has 0 aromatic heterocycles. The van der Waals surface area contributed by atoms with Crippen LogP contribution in [0.15, 0.2) is 23.1 Å². The van der Waals surface area contributed by atoms with Gasteiger partial charge in [-0.1, -0.05) is 24.6 Å². The molecule has 0 atom stereocenters. The quantitative estimate of drug-likeness (QED) is 0.672. The van der Waals surface area contributed by atoms with Crippen LogP contribution >= 0.6 is 23.4 Å². The lowest BCUT2D eigenvalue weighted by atomic mass is 10.3. The van der Waals surface area contributed by atoms with Crippen LogP contribution < -0.4 is 0 Å². The van der Waals surface area contributed by atoms with E-state index < -0.39 is 0 Å². The first-order chi connectivity index (χ1) is 5.75. The minimum absolute atomic E-state index is 0.246. The molecule has 1 rings (SSSR count). The second-order valence-electron chi connectivity index (χ2n) is 2.40. The fourth-order valence-electron chi connectivity index (χ4n) is 0.808. The normalized spacial score (nSPS) is 10.2. The molecule has 0 nitrogen and oxygen atoms in total. The van der Waals surface area contributed by atoms with Gasteiger partial charge in [0.15, 0.2) is 0 Å². The minimum atomic E-state index is -0.335. The van der Waals surface area contributed by atoms with Crippen LogP contribution in [0.4, 0.5) is 4.39 Å². The molecule has 0 N–H and O–H groups in total. The zero-order valence-electron chi connectivity index (χ0n) is 6.81. The van der Waals surface area contributed by atoms with Gasteiger partial charge in [0.2, 0.25) is 0 Å². The van der Waals surface area contributed by atoms with Crippen LogP contribution in [0.1, 0.15) is 13.3 Å². The second kappa shape index (κ2) is 4.73. The van der Waals surface area contributed by atoms with Gasteiger partial charge in [-0.25, -0.2) is 4.39 Å². The third-order valence-corrected chi connectivity index (χ3v) is 3.14. The van der Waals surface area contributed by atoms with E-state index in [9.17, 15) is 4.39 Å². The predicted molar refractivity (Wildman–Crippen MR) is 52.4 cm³/mol. The Labute approximate surface area is 81.1 Å². The van der Waals surface area contributed by atoms with Gasteiger partial charge < -0.3 is 0 Å². The average Bonchev–Trinajstić information content (AvgIpc) is 2.08. The Balaban J connectivity index is 2.78. The molecular weight excluding hydrogens is 195 g/mol. The Morgan fingerprint density at radius 2 is 2.25 bits per heavy atom. The van der Waals surface area contributed by atoms with E-state index in [0.717, 1.165) is 17.1 Å². The highest BCUT2D eigenvalue weighted by Crippen LogP contribution is 2.29. The molecule has 0 bridgehead atoms. The second-order valence-corrected chi connectivity index (χ2v) is 3.92. The first-order valence-corrected chi connectivity index (χ1v) is 5.19. The summed E-state index contributed by atoms with van der Waals surface area (Å²) in [5.41, 5.74) is 0. The molecule has 0 aliphatic rings. The molecule has 0 aliphatic carbocycles. The van der Waals surface area contributed by atoms with E-state index >= 15 is 0 Å². The lowest BCUT2D eigenvalue weighted by Crippen LogP contribution is -1.81. The van der Waals surface area contributed by atoms with E-state index in [0.29, 0.717) is 0 Å². The molecular formula is C9H10ClFS. The van der Waals surface area contributed by atoms with Crippen LogP contribution in [0, 0.1) is 5.82 Å². The molecule has 0 heterocycles. The first-order valence-electron chi connectivity index (χ1n) is 3.82. The number of hydrogen-bond acceptors (Lipinski definition) is 1. The van der Waals surface area contributed by atoms with Crippen molar-refractivity contribution >= 4 is 23.4 Å². The molecule has 12 heavy (non-hydrogen) atoms. The highest BCUT2D eigenvalue weighted by molar-refractivity contribution is 7.99. The van der Waals surface area contributed by atoms with Gasteiger partial charge in [-0.2, -0.15) is 0 Å². The van der Waals surface area contributed by atoms with Crippen molar-refractivity contribution in [3.05, 3.63) is 29.0 Å². The van der Waals surface area contributed by atoms with Crippen LogP contribution in [-0.4, -0.2) is 5.75 Å². The predicted octanol–water partition coefficient (Wildman–Crippen LogP) is 3.98. The Morgan fingerprint density at radius 1 is 1.50 bits per heavy atom. The molecule has 3 heteroatoms. The zero-order chi connectivity index (χ0) is 8.97. The topological polar surface area (TPSA) is 0 Å². The smallest absolute Gasteiger partial charge is 0.142 e. The molecule has 0 fully saturated rings. The van der Waals surface area contributed by atoms with Gasteiger partial charge >= 0.3 is 0 Å². The van der Waals surface area contributed by atoms with E-state index in [2.05, 4.69) is 6.92 Å². The van der Waals surface area contributed by atoms with Gasteiger partial charge in [-0.15, -0.1) is 11.8 Å². The highest BCUT2D eigenvalue weighted by atomic mass is 35.5. The molecule has 0 spiro atoms. The van der Waals surface area contributed by atoms with Crippen LogP contribution in [0.25, 0.3) is 0 Å². The summed E-state index contributed by atoms with van der Waals surface area (Å²) in [4.78, 5) is 0.832. The van der Waals surface area contributed by atoms with Crippen molar-refractivity contribution in [2.24, 2.45) is 0 Å². The van der Waals surface area contributed by atoms with Gasteiger partial charge in [0.1, 0.15) is 5.82 Å². The van der Waals surface area contributed by atoms with Crippen LogP contribution in [0.3, 0.4) is 0 Å². The number of hydrogen-bond donors (Lipinski definition) is 0. The Kier molecular flexibility index (Phi) is 3.89. The zero-order valence-corrected chi connectivity index (χ0v) is 8.38. The molecule has 0 aliphatic heterocycles. The van der Waals surface area contributed by atoms with Crippen LogP contribution in [0.2, 0.25) is 5.02 Å². The highest BCUT2D eigenvalue weighted by Gasteiger charge is 2.04. The van der Waals surface area contributed by atoms with Crippen molar-refractivity contribution in [2.75, 3.05) is 5.75 Å². The Bertz CT molecular complexity index is 263. The molecule has 0 unspecified atom stereocenters. The summed E-state index contributed by atoms with van der Waals surface area (Å²) in [6.45, 7) is 2.08. The van der Waals surface area contributed by atoms with Crippen molar-refractivity contribution in [2.45, 2.75) is 18.2 Å². The maximum absolute atomic E-state index is 12.9. The summed E-state index contributed by atoms with van der Waals surface area (Å²) in [7, 11) is 0. The summed E-state index contributed by atoms with van der Waals surface area (Å²) in [5, 5.41) is 0.246. The SMILES string of the molecule is CCCSc1cccc(F)c1Cl. The number of benzene rings is 1. The van der Waals surface area contributed by atoms with E-state index in [4.69, 9.17) is 11.6 Å². The van der Waals surface area contributed by atoms with Crippen molar-refractivity contribution in [1.82, 2.24) is 0 Å². The summed E-state index contributed by atoms with van der Waals surface area (Å²) >= 11 is 7.32. The summed E-state index contributed by atoms with van der Waals surface area (Å²) in [6.07, 6.45) is 1.07. The number of thioether (sulfide) groups is 1. The summed E-state index contributed by atoms with van der Waals surface area (Å²) < 4.78 is 12.9. The largest absolute Gasteiger partial charge is 0.205 e. The van der Waals surface area contributed by atoms with Crippen molar-refractivity contribution in [3.63, 3.8) is 0 Å². The molecule has 1 aromatic carbocycles. The lowest BCUT2D eigenvalue weighted by Gasteiger charge is -2.02. The fourth-order valence-corrected chi connectivity index (χ4v) is 1.92. The van der Waals surface area contributed by atoms with Crippen molar-refractivity contribution < 1.29 is 4.39 Å². The number of halogens is 2. The van der Waals surface area contributed by atoms with Crippen LogP contribution in [0.5, 0.6) is 0 Å². The average molecular weight is 205 g/mol.